The van der Waals surface area contributed by atoms with Crippen molar-refractivity contribution in [3.05, 3.63) is 54.2 Å². The molecule has 0 spiro atoms. The first-order valence-corrected chi connectivity index (χ1v) is 8.71. The van der Waals surface area contributed by atoms with E-state index in [-0.39, 0.29) is 5.91 Å². The van der Waals surface area contributed by atoms with Crippen molar-refractivity contribution in [2.75, 3.05) is 18.1 Å². The standard InChI is InChI=1S/C16H18N2OS2/c1-13-5-7-14(8-6-13)20-11-10-17-15(19)12-21-16-4-2-3-9-18-16/h2-9H,10-12H2,1H3,(H,17,19). The summed E-state index contributed by atoms with van der Waals surface area (Å²) in [6.07, 6.45) is 1.73. The lowest BCUT2D eigenvalue weighted by molar-refractivity contribution is -0.118. The Balaban J connectivity index is 1.60. The molecule has 2 rings (SSSR count). The van der Waals surface area contributed by atoms with Crippen LogP contribution in [0.2, 0.25) is 0 Å². The van der Waals surface area contributed by atoms with Gasteiger partial charge >= 0.3 is 0 Å². The van der Waals surface area contributed by atoms with Crippen LogP contribution < -0.4 is 5.32 Å². The first-order chi connectivity index (χ1) is 10.2. The van der Waals surface area contributed by atoms with E-state index in [9.17, 15) is 4.79 Å². The summed E-state index contributed by atoms with van der Waals surface area (Å²) in [4.78, 5) is 17.1. The molecule has 110 valence electrons. The lowest BCUT2D eigenvalue weighted by atomic mass is 10.2. The summed E-state index contributed by atoms with van der Waals surface area (Å²) in [6.45, 7) is 2.76. The molecule has 0 unspecified atom stereocenters. The van der Waals surface area contributed by atoms with Crippen molar-refractivity contribution in [2.45, 2.75) is 16.8 Å². The van der Waals surface area contributed by atoms with E-state index < -0.39 is 0 Å². The van der Waals surface area contributed by atoms with Gasteiger partial charge in [-0.05, 0) is 31.2 Å². The molecule has 1 amide bonds. The zero-order valence-electron chi connectivity index (χ0n) is 11.9. The number of aromatic nitrogens is 1. The lowest BCUT2D eigenvalue weighted by Gasteiger charge is -2.05. The van der Waals surface area contributed by atoms with Gasteiger partial charge in [0.05, 0.1) is 10.8 Å². The van der Waals surface area contributed by atoms with Crippen molar-refractivity contribution >= 4 is 29.4 Å². The molecular weight excluding hydrogens is 300 g/mol. The van der Waals surface area contributed by atoms with Gasteiger partial charge in [0.25, 0.3) is 0 Å². The molecule has 0 saturated heterocycles. The Morgan fingerprint density at radius 3 is 2.67 bits per heavy atom. The molecule has 21 heavy (non-hydrogen) atoms. The molecule has 0 aliphatic carbocycles. The molecule has 1 heterocycles. The van der Waals surface area contributed by atoms with Crippen LogP contribution in [0.4, 0.5) is 0 Å². The van der Waals surface area contributed by atoms with Crippen LogP contribution in [0.1, 0.15) is 5.56 Å². The highest BCUT2D eigenvalue weighted by Gasteiger charge is 2.03. The summed E-state index contributed by atoms with van der Waals surface area (Å²) in [5.74, 6) is 1.34. The predicted octanol–water partition coefficient (Wildman–Crippen LogP) is 3.39. The number of benzene rings is 1. The maximum atomic E-state index is 11.7. The average Bonchev–Trinajstić information content (AvgIpc) is 2.52. The summed E-state index contributed by atoms with van der Waals surface area (Å²) >= 11 is 3.21. The van der Waals surface area contributed by atoms with E-state index in [1.807, 2.05) is 18.2 Å². The summed E-state index contributed by atoms with van der Waals surface area (Å²) < 4.78 is 0. The number of hydrogen-bond donors (Lipinski definition) is 1. The van der Waals surface area contributed by atoms with Gasteiger partial charge < -0.3 is 5.32 Å². The number of nitrogens with zero attached hydrogens (tertiary/aromatic N) is 1. The Kier molecular flexibility index (Phi) is 6.63. The van der Waals surface area contributed by atoms with E-state index >= 15 is 0 Å². The first-order valence-electron chi connectivity index (χ1n) is 6.74. The maximum Gasteiger partial charge on any atom is 0.230 e. The van der Waals surface area contributed by atoms with Crippen LogP contribution in [0.3, 0.4) is 0 Å². The van der Waals surface area contributed by atoms with E-state index in [4.69, 9.17) is 0 Å². The van der Waals surface area contributed by atoms with Crippen molar-refractivity contribution in [3.63, 3.8) is 0 Å². The van der Waals surface area contributed by atoms with Gasteiger partial charge in [-0.3, -0.25) is 4.79 Å². The highest BCUT2D eigenvalue weighted by Crippen LogP contribution is 2.17. The molecular formula is C16H18N2OS2. The fourth-order valence-corrected chi connectivity index (χ4v) is 3.08. The number of thioether (sulfide) groups is 2. The first kappa shape index (κ1) is 15.9. The number of carbonyl (C=O) groups is 1. The third-order valence-corrected chi connectivity index (χ3v) is 4.66. The number of nitrogens with one attached hydrogen (secondary N) is 1. The van der Waals surface area contributed by atoms with E-state index in [0.717, 1.165) is 10.8 Å². The number of pyridine rings is 1. The topological polar surface area (TPSA) is 42.0 Å². The number of carbonyl (C=O) groups excluding carboxylic acids is 1. The normalized spacial score (nSPS) is 10.3. The quantitative estimate of drug-likeness (QED) is 0.628. The fraction of sp³-hybridized carbons (Fsp3) is 0.250. The molecule has 0 aliphatic heterocycles. The van der Waals surface area contributed by atoms with Crippen LogP contribution in [-0.2, 0) is 4.79 Å². The van der Waals surface area contributed by atoms with Crippen molar-refractivity contribution < 1.29 is 4.79 Å². The Labute approximate surface area is 133 Å². The Morgan fingerprint density at radius 1 is 1.14 bits per heavy atom. The van der Waals surface area contributed by atoms with Crippen LogP contribution in [0.25, 0.3) is 0 Å². The van der Waals surface area contributed by atoms with Gasteiger partial charge in [-0.25, -0.2) is 4.98 Å². The summed E-state index contributed by atoms with van der Waals surface area (Å²) in [5, 5.41) is 3.80. The summed E-state index contributed by atoms with van der Waals surface area (Å²) in [6, 6.07) is 14.1. The van der Waals surface area contributed by atoms with Crippen LogP contribution in [0.15, 0.2) is 58.6 Å². The summed E-state index contributed by atoms with van der Waals surface area (Å²) in [7, 11) is 0. The molecule has 2 aromatic rings. The second-order valence-corrected chi connectivity index (χ2v) is 6.63. The van der Waals surface area contributed by atoms with Crippen LogP contribution >= 0.6 is 23.5 Å². The number of hydrogen-bond acceptors (Lipinski definition) is 4. The largest absolute Gasteiger partial charge is 0.355 e. The third-order valence-electron chi connectivity index (χ3n) is 2.70. The van der Waals surface area contributed by atoms with Crippen molar-refractivity contribution in [3.8, 4) is 0 Å². The average molecular weight is 318 g/mol. The van der Waals surface area contributed by atoms with E-state index in [2.05, 4.69) is 41.5 Å². The zero-order valence-corrected chi connectivity index (χ0v) is 13.5. The van der Waals surface area contributed by atoms with Crippen molar-refractivity contribution in [2.24, 2.45) is 0 Å². The molecule has 3 nitrogen and oxygen atoms in total. The second-order valence-electron chi connectivity index (χ2n) is 4.47. The highest BCUT2D eigenvalue weighted by atomic mass is 32.2. The molecule has 1 aromatic carbocycles. The van der Waals surface area contributed by atoms with Gasteiger partial charge in [0.15, 0.2) is 0 Å². The molecule has 0 aliphatic rings. The van der Waals surface area contributed by atoms with Crippen LogP contribution in [0.5, 0.6) is 0 Å². The Bertz CT molecular complexity index is 558. The van der Waals surface area contributed by atoms with Crippen LogP contribution in [0, 0.1) is 6.92 Å². The fourth-order valence-electron chi connectivity index (χ4n) is 1.62. The molecule has 0 saturated carbocycles. The van der Waals surface area contributed by atoms with E-state index in [0.29, 0.717) is 12.3 Å². The minimum atomic E-state index is 0.0511. The lowest BCUT2D eigenvalue weighted by Crippen LogP contribution is -2.27. The molecule has 0 radical (unpaired) electrons. The van der Waals surface area contributed by atoms with Gasteiger partial charge in [-0.15, -0.1) is 11.8 Å². The van der Waals surface area contributed by atoms with Gasteiger partial charge in [-0.1, -0.05) is 35.5 Å². The monoisotopic (exact) mass is 318 g/mol. The predicted molar refractivity (Wildman–Crippen MR) is 89.9 cm³/mol. The SMILES string of the molecule is Cc1ccc(SCCNC(=O)CSc2ccccn2)cc1. The number of amides is 1. The number of rotatable bonds is 7. The smallest absolute Gasteiger partial charge is 0.230 e. The molecule has 1 N–H and O–H groups in total. The second kappa shape index (κ2) is 8.74. The molecule has 0 bridgehead atoms. The van der Waals surface area contributed by atoms with Gasteiger partial charge in [0.2, 0.25) is 5.91 Å². The zero-order chi connectivity index (χ0) is 14.9. The number of aryl methyl sites for hydroxylation is 1. The van der Waals surface area contributed by atoms with Gasteiger partial charge in [0.1, 0.15) is 0 Å². The molecule has 0 atom stereocenters. The highest BCUT2D eigenvalue weighted by molar-refractivity contribution is 8.00. The molecule has 0 fully saturated rings. The Hall–Kier alpha value is -1.46. The van der Waals surface area contributed by atoms with Crippen molar-refractivity contribution in [1.29, 1.82) is 0 Å². The van der Waals surface area contributed by atoms with E-state index in [1.54, 1.807) is 18.0 Å². The third kappa shape index (κ3) is 6.23. The Morgan fingerprint density at radius 2 is 1.95 bits per heavy atom. The van der Waals surface area contributed by atoms with Crippen LogP contribution in [-0.4, -0.2) is 28.9 Å². The minimum absolute atomic E-state index is 0.0511. The van der Waals surface area contributed by atoms with Gasteiger partial charge in [-0.2, -0.15) is 0 Å². The summed E-state index contributed by atoms with van der Waals surface area (Å²) in [5.41, 5.74) is 1.26. The van der Waals surface area contributed by atoms with Gasteiger partial charge in [0, 0.05) is 23.4 Å². The van der Waals surface area contributed by atoms with E-state index in [1.165, 1.54) is 22.2 Å². The molecule has 5 heteroatoms. The van der Waals surface area contributed by atoms with Crippen molar-refractivity contribution in [1.82, 2.24) is 10.3 Å². The minimum Gasteiger partial charge on any atom is -0.355 e. The molecule has 1 aromatic heterocycles. The maximum absolute atomic E-state index is 11.7.